The van der Waals surface area contributed by atoms with Crippen molar-refractivity contribution in [3.05, 3.63) is 59.2 Å². The summed E-state index contributed by atoms with van der Waals surface area (Å²) < 4.78 is 17.9. The molecular formula is C36H51BrN2O6. The number of carbonyl (C=O) groups excluding carboxylic acids is 2. The van der Waals surface area contributed by atoms with Gasteiger partial charge in [0.25, 0.3) is 5.91 Å². The number of likely N-dealkylation sites (N-methyl/N-ethyl adjacent to an activating group) is 1. The molecule has 0 bridgehead atoms. The largest absolute Gasteiger partial charge is 1.00 e. The molecule has 2 aromatic carbocycles. The molecule has 9 heteroatoms. The summed E-state index contributed by atoms with van der Waals surface area (Å²) in [5, 5.41) is 10.9. The summed E-state index contributed by atoms with van der Waals surface area (Å²) in [4.78, 5) is 28.2. The van der Waals surface area contributed by atoms with Crippen molar-refractivity contribution in [1.29, 1.82) is 0 Å². The van der Waals surface area contributed by atoms with Gasteiger partial charge in [0.1, 0.15) is 34.2 Å². The first-order valence-electron chi connectivity index (χ1n) is 15.5. The number of quaternary nitrogens is 1. The van der Waals surface area contributed by atoms with Gasteiger partial charge in [-0.05, 0) is 61.6 Å². The lowest BCUT2D eigenvalue weighted by molar-refractivity contribution is -0.882. The van der Waals surface area contributed by atoms with Crippen molar-refractivity contribution < 1.29 is 50.4 Å². The van der Waals surface area contributed by atoms with Crippen LogP contribution < -0.4 is 31.2 Å². The quantitative estimate of drug-likeness (QED) is 0.134. The molecule has 0 saturated heterocycles. The predicted octanol–water partition coefficient (Wildman–Crippen LogP) is 3.47. The first-order chi connectivity index (χ1) is 20.6. The van der Waals surface area contributed by atoms with Gasteiger partial charge in [-0.2, -0.15) is 0 Å². The van der Waals surface area contributed by atoms with Crippen LogP contribution in [-0.4, -0.2) is 85.8 Å². The smallest absolute Gasteiger partial charge is 0.277 e. The Morgan fingerprint density at radius 1 is 1.07 bits per heavy atom. The summed E-state index contributed by atoms with van der Waals surface area (Å²) in [5.41, 5.74) is 0.836. The third-order valence-corrected chi connectivity index (χ3v) is 7.33. The van der Waals surface area contributed by atoms with Crippen LogP contribution in [0, 0.1) is 11.8 Å². The van der Waals surface area contributed by atoms with Crippen molar-refractivity contribution in [1.82, 2.24) is 4.90 Å². The van der Waals surface area contributed by atoms with Gasteiger partial charge < -0.3 is 45.7 Å². The third-order valence-electron chi connectivity index (χ3n) is 7.33. The third kappa shape index (κ3) is 11.2. The fourth-order valence-corrected chi connectivity index (χ4v) is 5.20. The Bertz CT molecular complexity index is 1350. The van der Waals surface area contributed by atoms with Crippen molar-refractivity contribution in [2.45, 2.75) is 53.6 Å². The summed E-state index contributed by atoms with van der Waals surface area (Å²) in [6.07, 6.45) is 7.53. The first-order valence-corrected chi connectivity index (χ1v) is 15.5. The van der Waals surface area contributed by atoms with Crippen LogP contribution in [0.2, 0.25) is 0 Å². The molecule has 0 unspecified atom stereocenters. The van der Waals surface area contributed by atoms with Crippen molar-refractivity contribution >= 4 is 23.8 Å². The molecule has 3 rings (SSSR count). The van der Waals surface area contributed by atoms with Crippen molar-refractivity contribution in [2.24, 2.45) is 11.8 Å². The monoisotopic (exact) mass is 686 g/mol. The molecule has 1 heterocycles. The van der Waals surface area contributed by atoms with E-state index in [9.17, 15) is 14.7 Å². The van der Waals surface area contributed by atoms with Crippen LogP contribution in [0.1, 0.15) is 69.4 Å². The molecule has 248 valence electrons. The van der Waals surface area contributed by atoms with Gasteiger partial charge in [0, 0.05) is 25.6 Å². The number of aromatic hydroxyl groups is 1. The topological polar surface area (TPSA) is 85.3 Å². The highest BCUT2D eigenvalue weighted by atomic mass is 79.9. The summed E-state index contributed by atoms with van der Waals surface area (Å²) >= 11 is 0. The molecule has 1 aliphatic heterocycles. The first kappa shape index (κ1) is 37.9. The number of benzene rings is 2. The second-order valence-corrected chi connectivity index (χ2v) is 13.6. The van der Waals surface area contributed by atoms with Gasteiger partial charge in [0.05, 0.1) is 39.9 Å². The minimum Gasteiger partial charge on any atom is -1.00 e. The van der Waals surface area contributed by atoms with Crippen LogP contribution in [0.3, 0.4) is 0 Å². The second kappa shape index (κ2) is 16.3. The van der Waals surface area contributed by atoms with E-state index in [1.165, 1.54) is 13.2 Å². The number of carbonyl (C=O) groups is 2. The number of ketones is 1. The maximum Gasteiger partial charge on any atom is 0.277 e. The highest BCUT2D eigenvalue weighted by Gasteiger charge is 2.29. The Kier molecular flexibility index (Phi) is 13.7. The number of phenols is 1. The number of rotatable bonds is 15. The molecule has 2 aromatic rings. The average molecular weight is 688 g/mol. The van der Waals surface area contributed by atoms with E-state index in [1.807, 2.05) is 49.1 Å². The molecule has 8 nitrogen and oxygen atoms in total. The second-order valence-electron chi connectivity index (χ2n) is 13.6. The Hall–Kier alpha value is -3.30. The van der Waals surface area contributed by atoms with E-state index in [4.69, 9.17) is 14.2 Å². The summed E-state index contributed by atoms with van der Waals surface area (Å²) in [7, 11) is 5.64. The number of fused-ring (bicyclic) bond motifs is 1. The fraction of sp³-hybridized carbons (Fsp3) is 0.500. The zero-order valence-electron chi connectivity index (χ0n) is 28.4. The summed E-state index contributed by atoms with van der Waals surface area (Å²) in [6, 6.07) is 9.12. The molecule has 0 fully saturated rings. The van der Waals surface area contributed by atoms with Crippen LogP contribution >= 0.6 is 0 Å². The van der Waals surface area contributed by atoms with E-state index in [2.05, 4.69) is 41.8 Å². The number of halogens is 1. The van der Waals surface area contributed by atoms with Gasteiger partial charge in [-0.1, -0.05) is 45.9 Å². The van der Waals surface area contributed by atoms with Gasteiger partial charge >= 0.3 is 0 Å². The molecule has 45 heavy (non-hydrogen) atoms. The molecule has 0 aromatic heterocycles. The molecule has 0 aliphatic carbocycles. The number of allylic oxidation sites excluding steroid dienone is 1. The lowest BCUT2D eigenvalue weighted by Gasteiger charge is -2.33. The highest BCUT2D eigenvalue weighted by Crippen LogP contribution is 2.43. The van der Waals surface area contributed by atoms with Gasteiger partial charge in [-0.25, -0.2) is 0 Å². The summed E-state index contributed by atoms with van der Waals surface area (Å²) in [5.74, 6) is 1.99. The summed E-state index contributed by atoms with van der Waals surface area (Å²) in [6.45, 7) is 15.8. The van der Waals surface area contributed by atoms with E-state index < -0.39 is 5.60 Å². The van der Waals surface area contributed by atoms with E-state index in [0.29, 0.717) is 40.8 Å². The number of nitrogens with zero attached hydrogens (tertiary/aromatic N) is 2. The van der Waals surface area contributed by atoms with Gasteiger partial charge in [-0.3, -0.25) is 9.59 Å². The Morgan fingerprint density at radius 3 is 2.27 bits per heavy atom. The van der Waals surface area contributed by atoms with Crippen LogP contribution in [-0.2, 0) is 4.79 Å². The molecule has 0 spiro atoms. The van der Waals surface area contributed by atoms with Crippen LogP contribution in [0.5, 0.6) is 23.0 Å². The number of hydrogen-bond donors (Lipinski definition) is 1. The molecular weight excluding hydrogens is 636 g/mol. The van der Waals surface area contributed by atoms with Crippen molar-refractivity contribution in [2.75, 3.05) is 54.0 Å². The number of phenolic OH excluding ortho intramolecular Hbond substituents is 1. The molecule has 1 N–H and O–H groups in total. The standard InChI is InChI=1S/C36H50N2O6.BrH/c1-25(2)22-37(23-26(3)4)33(40)24-38(7,8)19-10-20-43-28-14-11-27(12-15-28)13-16-30(39)34-32(42-9)21-31-29(35(34)41)17-18-36(5,6)44-31;/h11-18,21,25-26H,10,19-20,22-24H2,1-9H3;1H/b16-13+;. The molecule has 0 radical (unpaired) electrons. The minimum atomic E-state index is -0.523. The highest BCUT2D eigenvalue weighted by molar-refractivity contribution is 6.11. The number of hydrogen-bond acceptors (Lipinski definition) is 6. The van der Waals surface area contributed by atoms with Crippen LogP contribution in [0.25, 0.3) is 12.2 Å². The molecule has 1 aliphatic rings. The van der Waals surface area contributed by atoms with Gasteiger partial charge in [0.2, 0.25) is 0 Å². The zero-order chi connectivity index (χ0) is 32.7. The lowest BCUT2D eigenvalue weighted by Crippen LogP contribution is -3.00. The Morgan fingerprint density at radius 2 is 1.69 bits per heavy atom. The molecule has 0 saturated carbocycles. The minimum absolute atomic E-state index is 0. The SMILES string of the molecule is COc1cc2c(c(O)c1C(=O)/C=C/c1ccc(OCCC[N+](C)(C)CC(=O)N(CC(C)C)CC(C)C)cc1)C=CC(C)(C)O2.[Br-]. The molecule has 0 atom stereocenters. The Balaban J connectivity index is 0.00000705. The zero-order valence-corrected chi connectivity index (χ0v) is 29.9. The molecule has 1 amide bonds. The predicted molar refractivity (Wildman–Crippen MR) is 176 cm³/mol. The normalized spacial score (nSPS) is 13.8. The average Bonchev–Trinajstić information content (AvgIpc) is 2.92. The maximum atomic E-state index is 13.1. The number of methoxy groups -OCH3 is 1. The number of ether oxygens (including phenoxy) is 3. The Labute approximate surface area is 280 Å². The number of amides is 1. The van der Waals surface area contributed by atoms with Crippen molar-refractivity contribution in [3.8, 4) is 23.0 Å². The van der Waals surface area contributed by atoms with E-state index in [1.54, 1.807) is 18.2 Å². The van der Waals surface area contributed by atoms with E-state index in [0.717, 1.165) is 37.4 Å². The van der Waals surface area contributed by atoms with Crippen LogP contribution in [0.4, 0.5) is 0 Å². The maximum absolute atomic E-state index is 13.1. The van der Waals surface area contributed by atoms with Crippen molar-refractivity contribution in [3.63, 3.8) is 0 Å². The van der Waals surface area contributed by atoms with Crippen LogP contribution in [0.15, 0.2) is 42.5 Å². The fourth-order valence-electron chi connectivity index (χ4n) is 5.20. The lowest BCUT2D eigenvalue weighted by atomic mass is 9.97. The van der Waals surface area contributed by atoms with E-state index >= 15 is 0 Å². The van der Waals surface area contributed by atoms with E-state index in [-0.39, 0.29) is 45.7 Å². The van der Waals surface area contributed by atoms with Gasteiger partial charge in [0.15, 0.2) is 12.3 Å². The van der Waals surface area contributed by atoms with Gasteiger partial charge in [-0.15, -0.1) is 0 Å².